The fraction of sp³-hybridized carbons (Fsp3) is 0.462. The normalized spacial score (nSPS) is 17.9. The van der Waals surface area contributed by atoms with Crippen LogP contribution in [0.1, 0.15) is 66.0 Å². The van der Waals surface area contributed by atoms with Gasteiger partial charge >= 0.3 is 0 Å². The van der Waals surface area contributed by atoms with Crippen LogP contribution in [-0.4, -0.2) is 17.0 Å². The Morgan fingerprint density at radius 3 is 2.46 bits per heavy atom. The summed E-state index contributed by atoms with van der Waals surface area (Å²) in [6.07, 6.45) is 8.41. The highest BCUT2D eigenvalue weighted by Crippen LogP contribution is 2.30. The van der Waals surface area contributed by atoms with E-state index in [9.17, 15) is 4.39 Å². The molecule has 28 heavy (non-hydrogen) atoms. The molecule has 1 unspecified atom stereocenters. The van der Waals surface area contributed by atoms with Crippen LogP contribution in [0.4, 0.5) is 4.39 Å². The number of allylic oxidation sites excluding steroid dienone is 6. The molecule has 1 aliphatic heterocycles. The Kier molecular flexibility index (Phi) is 7.46. The van der Waals surface area contributed by atoms with Crippen molar-refractivity contribution in [3.8, 4) is 0 Å². The van der Waals surface area contributed by atoms with Gasteiger partial charge < -0.3 is 4.90 Å². The van der Waals surface area contributed by atoms with E-state index in [-0.39, 0.29) is 5.82 Å². The molecule has 2 rings (SSSR count). The smallest absolute Gasteiger partial charge is 0.124 e. The van der Waals surface area contributed by atoms with Gasteiger partial charge in [-0.05, 0) is 93.4 Å². The Morgan fingerprint density at radius 1 is 1.18 bits per heavy atom. The van der Waals surface area contributed by atoms with Crippen LogP contribution in [0, 0.1) is 11.7 Å². The number of nitrogens with zero attached hydrogens (tertiary/aromatic N) is 1. The molecule has 1 aromatic rings. The van der Waals surface area contributed by atoms with E-state index in [2.05, 4.69) is 78.2 Å². The van der Waals surface area contributed by atoms with Crippen molar-refractivity contribution in [3.05, 3.63) is 76.8 Å². The molecule has 0 N–H and O–H groups in total. The molecule has 0 aliphatic carbocycles. The van der Waals surface area contributed by atoms with Gasteiger partial charge in [-0.3, -0.25) is 0 Å². The van der Waals surface area contributed by atoms with Gasteiger partial charge in [-0.1, -0.05) is 44.7 Å². The van der Waals surface area contributed by atoms with E-state index >= 15 is 0 Å². The van der Waals surface area contributed by atoms with Gasteiger partial charge in [0.1, 0.15) is 5.82 Å². The second kappa shape index (κ2) is 9.41. The van der Waals surface area contributed by atoms with Crippen LogP contribution in [0.15, 0.2) is 59.8 Å². The summed E-state index contributed by atoms with van der Waals surface area (Å²) in [4.78, 5) is 2.43. The number of hydrogen-bond acceptors (Lipinski definition) is 1. The first-order valence-corrected chi connectivity index (χ1v) is 10.4. The third-order valence-corrected chi connectivity index (χ3v) is 5.48. The summed E-state index contributed by atoms with van der Waals surface area (Å²) in [5, 5.41) is 0. The average Bonchev–Trinajstić information content (AvgIpc) is 2.58. The summed E-state index contributed by atoms with van der Waals surface area (Å²) in [5.74, 6) is 0.423. The zero-order chi connectivity index (χ0) is 21.0. The Balaban J connectivity index is 2.26. The van der Waals surface area contributed by atoms with Gasteiger partial charge in [0.25, 0.3) is 0 Å². The molecule has 0 bridgehead atoms. The predicted octanol–water partition coefficient (Wildman–Crippen LogP) is 7.32. The Labute approximate surface area is 171 Å². The van der Waals surface area contributed by atoms with Crippen LogP contribution in [0.5, 0.6) is 0 Å². The van der Waals surface area contributed by atoms with Gasteiger partial charge in [-0.2, -0.15) is 0 Å². The fourth-order valence-electron chi connectivity index (χ4n) is 4.09. The first-order chi connectivity index (χ1) is 13.1. The Hall–Kier alpha value is -2.09. The van der Waals surface area contributed by atoms with E-state index in [0.29, 0.717) is 18.0 Å². The lowest BCUT2D eigenvalue weighted by Crippen LogP contribution is -2.38. The van der Waals surface area contributed by atoms with Crippen molar-refractivity contribution in [2.24, 2.45) is 5.92 Å². The fourth-order valence-corrected chi connectivity index (χ4v) is 4.09. The molecule has 0 saturated heterocycles. The number of aryl methyl sites for hydroxylation is 1. The Bertz CT molecular complexity index is 808. The summed E-state index contributed by atoms with van der Waals surface area (Å²) in [7, 11) is 0. The zero-order valence-electron chi connectivity index (χ0n) is 18.6. The number of halogens is 1. The highest BCUT2D eigenvalue weighted by atomic mass is 19.1. The molecule has 2 heteroatoms. The van der Waals surface area contributed by atoms with Gasteiger partial charge in [0.15, 0.2) is 0 Å². The van der Waals surface area contributed by atoms with Crippen molar-refractivity contribution in [1.29, 1.82) is 0 Å². The third-order valence-electron chi connectivity index (χ3n) is 5.48. The quantitative estimate of drug-likeness (QED) is 0.447. The molecule has 0 aromatic heterocycles. The molecule has 0 amide bonds. The van der Waals surface area contributed by atoms with Gasteiger partial charge in [0, 0.05) is 17.8 Å². The van der Waals surface area contributed by atoms with E-state index in [1.807, 2.05) is 6.08 Å². The maximum atomic E-state index is 14.1. The van der Waals surface area contributed by atoms with E-state index in [4.69, 9.17) is 0 Å². The number of rotatable bonds is 7. The van der Waals surface area contributed by atoms with Crippen LogP contribution in [0.2, 0.25) is 0 Å². The van der Waals surface area contributed by atoms with Gasteiger partial charge in [0.2, 0.25) is 0 Å². The molecular weight excluding hydrogens is 345 g/mol. The standard InChI is InChI=1S/C26H36FN/c1-17(2)9-11-23-14-24(16-25(27)15-23)19(5)10-12-26-20(6)13-21(7)28(18(3)4)22(26)8/h10,12-18,21H,5,9,11H2,1-4,6-8H3/b12-10-. The second-order valence-electron chi connectivity index (χ2n) is 8.73. The topological polar surface area (TPSA) is 3.24 Å². The SMILES string of the molecule is C=C(/C=C\C1=C(C)N(C(C)C)C(C)C=C1C)c1cc(F)cc(CCC(C)C)c1. The third kappa shape index (κ3) is 5.47. The van der Waals surface area contributed by atoms with Crippen LogP contribution in [0.3, 0.4) is 0 Å². The van der Waals surface area contributed by atoms with Crippen molar-refractivity contribution in [2.45, 2.75) is 73.4 Å². The number of benzene rings is 1. The second-order valence-corrected chi connectivity index (χ2v) is 8.73. The van der Waals surface area contributed by atoms with Crippen LogP contribution < -0.4 is 0 Å². The molecule has 0 radical (unpaired) electrons. The van der Waals surface area contributed by atoms with Crippen molar-refractivity contribution in [1.82, 2.24) is 4.90 Å². The molecule has 0 fully saturated rings. The zero-order valence-corrected chi connectivity index (χ0v) is 18.6. The van der Waals surface area contributed by atoms with Gasteiger partial charge in [-0.15, -0.1) is 0 Å². The van der Waals surface area contributed by atoms with E-state index < -0.39 is 0 Å². The molecule has 1 heterocycles. The highest BCUT2D eigenvalue weighted by Gasteiger charge is 2.22. The van der Waals surface area contributed by atoms with E-state index in [1.165, 1.54) is 16.8 Å². The van der Waals surface area contributed by atoms with E-state index in [0.717, 1.165) is 29.5 Å². The minimum Gasteiger partial charge on any atom is -0.366 e. The van der Waals surface area contributed by atoms with Crippen molar-refractivity contribution in [2.75, 3.05) is 0 Å². The minimum absolute atomic E-state index is 0.185. The average molecular weight is 382 g/mol. The summed E-state index contributed by atoms with van der Waals surface area (Å²) in [6.45, 7) is 19.6. The molecule has 1 aromatic carbocycles. The molecule has 152 valence electrons. The van der Waals surface area contributed by atoms with Crippen molar-refractivity contribution < 1.29 is 4.39 Å². The highest BCUT2D eigenvalue weighted by molar-refractivity contribution is 5.73. The molecule has 1 aliphatic rings. The van der Waals surface area contributed by atoms with Crippen molar-refractivity contribution >= 4 is 5.57 Å². The van der Waals surface area contributed by atoms with Crippen LogP contribution in [0.25, 0.3) is 5.57 Å². The Morgan fingerprint density at radius 2 is 1.86 bits per heavy atom. The first kappa shape index (κ1) is 22.2. The molecule has 0 saturated carbocycles. The molecular formula is C26H36FN. The number of hydrogen-bond donors (Lipinski definition) is 0. The van der Waals surface area contributed by atoms with Crippen molar-refractivity contribution in [3.63, 3.8) is 0 Å². The molecule has 1 nitrogen and oxygen atoms in total. The first-order valence-electron chi connectivity index (χ1n) is 10.4. The lowest BCUT2D eigenvalue weighted by molar-refractivity contribution is 0.245. The summed E-state index contributed by atoms with van der Waals surface area (Å²) in [5.41, 5.74) is 6.53. The predicted molar refractivity (Wildman–Crippen MR) is 121 cm³/mol. The van der Waals surface area contributed by atoms with Gasteiger partial charge in [0.05, 0.1) is 0 Å². The maximum Gasteiger partial charge on any atom is 0.124 e. The summed E-state index contributed by atoms with van der Waals surface area (Å²) < 4.78 is 14.1. The minimum atomic E-state index is -0.185. The van der Waals surface area contributed by atoms with Gasteiger partial charge in [-0.25, -0.2) is 4.39 Å². The lowest BCUT2D eigenvalue weighted by atomic mass is 9.94. The van der Waals surface area contributed by atoms with E-state index in [1.54, 1.807) is 12.1 Å². The largest absolute Gasteiger partial charge is 0.366 e. The monoisotopic (exact) mass is 381 g/mol. The lowest BCUT2D eigenvalue weighted by Gasteiger charge is -2.39. The maximum absolute atomic E-state index is 14.1. The summed E-state index contributed by atoms with van der Waals surface area (Å²) >= 11 is 0. The van der Waals surface area contributed by atoms with Crippen LogP contribution in [-0.2, 0) is 6.42 Å². The molecule has 0 spiro atoms. The summed E-state index contributed by atoms with van der Waals surface area (Å²) in [6, 6.07) is 6.14. The van der Waals surface area contributed by atoms with Crippen LogP contribution >= 0.6 is 0 Å². The molecule has 1 atom stereocenters.